The second-order valence-corrected chi connectivity index (χ2v) is 9.28. The Bertz CT molecular complexity index is 765. The Kier molecular flexibility index (Phi) is 9.85. The maximum atomic E-state index is 14.2. The number of nitrogens with zero attached hydrogens (tertiary/aromatic N) is 1. The molecule has 4 nitrogen and oxygen atoms in total. The van der Waals surface area contributed by atoms with Gasteiger partial charge in [0.1, 0.15) is 16.9 Å². The molecule has 7 heteroatoms. The van der Waals surface area contributed by atoms with Gasteiger partial charge in [-0.25, -0.2) is 9.37 Å². The van der Waals surface area contributed by atoms with Gasteiger partial charge in [0.05, 0.1) is 26.0 Å². The molecule has 0 spiro atoms. The predicted molar refractivity (Wildman–Crippen MR) is 122 cm³/mol. The molecule has 2 unspecified atom stereocenters. The molecule has 1 fully saturated rings. The molecule has 1 N–H and O–H groups in total. The number of nitrogens with one attached hydrogen (secondary N) is 1. The van der Waals surface area contributed by atoms with Crippen LogP contribution in [0.25, 0.3) is 10.6 Å². The summed E-state index contributed by atoms with van der Waals surface area (Å²) < 4.78 is 25.0. The molecule has 0 amide bonds. The van der Waals surface area contributed by atoms with Gasteiger partial charge in [-0.05, 0) is 62.9 Å². The molecule has 2 heterocycles. The highest BCUT2D eigenvalue weighted by atomic mass is 35.5. The highest BCUT2D eigenvalue weighted by molar-refractivity contribution is 7.13. The number of unbranched alkanes of at least 4 members (excludes halogenated alkanes) is 1. The number of methoxy groups -OCH3 is 1. The minimum absolute atomic E-state index is 0.128. The number of ether oxygens (including phenoxy) is 2. The number of halogens is 2. The lowest BCUT2D eigenvalue weighted by atomic mass is 9.96. The highest BCUT2D eigenvalue weighted by Gasteiger charge is 2.13. The number of hydrogen-bond donors (Lipinski definition) is 1. The fraction of sp³-hybridized carbons (Fsp3) is 0.609. The summed E-state index contributed by atoms with van der Waals surface area (Å²) in [5, 5.41) is 6.89. The number of benzene rings is 1. The monoisotopic (exact) mass is 454 g/mol. The Labute approximate surface area is 188 Å². The molecule has 0 radical (unpaired) electrons. The van der Waals surface area contributed by atoms with Crippen molar-refractivity contribution < 1.29 is 13.9 Å². The molecule has 1 aromatic carbocycles. The molecule has 166 valence electrons. The van der Waals surface area contributed by atoms with Gasteiger partial charge in [-0.3, -0.25) is 0 Å². The van der Waals surface area contributed by atoms with E-state index in [1.165, 1.54) is 37.0 Å². The maximum Gasteiger partial charge on any atom is 0.123 e. The third kappa shape index (κ3) is 7.80. The van der Waals surface area contributed by atoms with E-state index in [1.54, 1.807) is 13.2 Å². The second-order valence-electron chi connectivity index (χ2n) is 7.99. The fourth-order valence-electron chi connectivity index (χ4n) is 3.82. The third-order valence-corrected chi connectivity index (χ3v) is 6.64. The lowest BCUT2D eigenvalue weighted by molar-refractivity contribution is 0.0639. The summed E-state index contributed by atoms with van der Waals surface area (Å²) in [6.07, 6.45) is 6.82. The summed E-state index contributed by atoms with van der Waals surface area (Å²) in [6, 6.07) is 5.52. The highest BCUT2D eigenvalue weighted by Crippen LogP contribution is 2.30. The molecule has 3 rings (SSSR count). The van der Waals surface area contributed by atoms with Crippen molar-refractivity contribution in [1.82, 2.24) is 10.3 Å². The lowest BCUT2D eigenvalue weighted by Crippen LogP contribution is -2.20. The molecule has 2 atom stereocenters. The van der Waals surface area contributed by atoms with Crippen LogP contribution < -0.4 is 10.1 Å². The van der Waals surface area contributed by atoms with E-state index in [0.29, 0.717) is 23.8 Å². The quantitative estimate of drug-likeness (QED) is 0.406. The number of aromatic nitrogens is 1. The third-order valence-electron chi connectivity index (χ3n) is 5.48. The summed E-state index contributed by atoms with van der Waals surface area (Å²) in [5.74, 6) is 1.46. The van der Waals surface area contributed by atoms with Crippen LogP contribution >= 0.6 is 22.9 Å². The number of thiazole rings is 1. The zero-order valence-electron chi connectivity index (χ0n) is 17.7. The van der Waals surface area contributed by atoms with E-state index in [-0.39, 0.29) is 6.61 Å². The van der Waals surface area contributed by atoms with Crippen LogP contribution in [-0.2, 0) is 11.3 Å². The van der Waals surface area contributed by atoms with Crippen molar-refractivity contribution in [3.63, 3.8) is 0 Å². The average molecular weight is 455 g/mol. The average Bonchev–Trinajstić information content (AvgIpc) is 3.06. The van der Waals surface area contributed by atoms with Gasteiger partial charge in [0.25, 0.3) is 0 Å². The number of hydrogen-bond acceptors (Lipinski definition) is 5. The van der Waals surface area contributed by atoms with E-state index in [1.807, 2.05) is 17.5 Å². The Hall–Kier alpha value is -1.21. The summed E-state index contributed by atoms with van der Waals surface area (Å²) >= 11 is 7.65. The van der Waals surface area contributed by atoms with Gasteiger partial charge in [0.2, 0.25) is 0 Å². The molecule has 2 aromatic rings. The van der Waals surface area contributed by atoms with Gasteiger partial charge < -0.3 is 14.8 Å². The minimum Gasteiger partial charge on any atom is -0.497 e. The first-order chi connectivity index (χ1) is 14.6. The SMILES string of the molecule is COc1cc(Cl)cc(-c2nc(COCC(F)CCCCC3CCCCNC3)cs2)c1. The van der Waals surface area contributed by atoms with E-state index in [4.69, 9.17) is 21.1 Å². The first kappa shape index (κ1) is 23.5. The molecule has 0 bridgehead atoms. The van der Waals surface area contributed by atoms with Crippen LogP contribution in [0.5, 0.6) is 5.75 Å². The zero-order valence-corrected chi connectivity index (χ0v) is 19.2. The topological polar surface area (TPSA) is 43.4 Å². The molecule has 0 aliphatic carbocycles. The molecule has 1 aromatic heterocycles. The molecular formula is C23H32ClFN2O2S. The lowest BCUT2D eigenvalue weighted by Gasteiger charge is -2.14. The molecule has 30 heavy (non-hydrogen) atoms. The Morgan fingerprint density at radius 1 is 1.30 bits per heavy atom. The van der Waals surface area contributed by atoms with Crippen molar-refractivity contribution in [1.29, 1.82) is 0 Å². The second kappa shape index (κ2) is 12.6. The summed E-state index contributed by atoms with van der Waals surface area (Å²) in [6.45, 7) is 2.72. The van der Waals surface area contributed by atoms with Gasteiger partial charge >= 0.3 is 0 Å². The van der Waals surface area contributed by atoms with Gasteiger partial charge in [-0.1, -0.05) is 30.9 Å². The molecular weight excluding hydrogens is 423 g/mol. The van der Waals surface area contributed by atoms with E-state index in [2.05, 4.69) is 10.3 Å². The van der Waals surface area contributed by atoms with Crippen molar-refractivity contribution in [2.75, 3.05) is 26.8 Å². The number of rotatable bonds is 11. The molecule has 1 aliphatic rings. The van der Waals surface area contributed by atoms with E-state index in [9.17, 15) is 4.39 Å². The van der Waals surface area contributed by atoms with Crippen LogP contribution in [0, 0.1) is 5.92 Å². The van der Waals surface area contributed by atoms with Gasteiger partial charge in [-0.15, -0.1) is 11.3 Å². The fourth-order valence-corrected chi connectivity index (χ4v) is 4.84. The Balaban J connectivity index is 1.34. The first-order valence-electron chi connectivity index (χ1n) is 10.9. The van der Waals surface area contributed by atoms with Crippen molar-refractivity contribution in [3.8, 4) is 16.3 Å². The Morgan fingerprint density at radius 2 is 2.20 bits per heavy atom. The van der Waals surface area contributed by atoms with Crippen LogP contribution in [0.3, 0.4) is 0 Å². The van der Waals surface area contributed by atoms with Crippen LogP contribution in [0.1, 0.15) is 50.6 Å². The maximum absolute atomic E-state index is 14.2. The first-order valence-corrected chi connectivity index (χ1v) is 12.1. The normalized spacial score (nSPS) is 18.2. The van der Waals surface area contributed by atoms with Crippen molar-refractivity contribution in [2.24, 2.45) is 5.92 Å². The van der Waals surface area contributed by atoms with Gasteiger partial charge in [0.15, 0.2) is 0 Å². The largest absolute Gasteiger partial charge is 0.497 e. The zero-order chi connectivity index (χ0) is 21.2. The smallest absolute Gasteiger partial charge is 0.123 e. The molecule has 1 aliphatic heterocycles. The van der Waals surface area contributed by atoms with Crippen LogP contribution in [0.4, 0.5) is 4.39 Å². The summed E-state index contributed by atoms with van der Waals surface area (Å²) in [5.41, 5.74) is 1.71. The van der Waals surface area contributed by atoms with Crippen molar-refractivity contribution >= 4 is 22.9 Å². The van der Waals surface area contributed by atoms with Crippen LogP contribution in [0.15, 0.2) is 23.6 Å². The molecule has 1 saturated heterocycles. The molecule has 0 saturated carbocycles. The van der Waals surface area contributed by atoms with Crippen LogP contribution in [-0.4, -0.2) is 38.0 Å². The minimum atomic E-state index is -0.910. The van der Waals surface area contributed by atoms with Gasteiger partial charge in [-0.2, -0.15) is 0 Å². The predicted octanol–water partition coefficient (Wildman–Crippen LogP) is 6.28. The van der Waals surface area contributed by atoms with Crippen LogP contribution in [0.2, 0.25) is 5.02 Å². The summed E-state index contributed by atoms with van der Waals surface area (Å²) in [7, 11) is 1.61. The number of alkyl halides is 1. The van der Waals surface area contributed by atoms with E-state index >= 15 is 0 Å². The van der Waals surface area contributed by atoms with Gasteiger partial charge in [0, 0.05) is 16.0 Å². The van der Waals surface area contributed by atoms with Crippen molar-refractivity contribution in [3.05, 3.63) is 34.3 Å². The standard InChI is InChI=1S/C23H32ClFN2O2S/c1-28-22-11-18(10-19(24)12-22)23-27-21(16-30-23)15-29-14-20(25)8-3-2-6-17-7-4-5-9-26-13-17/h10-12,16-17,20,26H,2-9,13-15H2,1H3. The van der Waals surface area contributed by atoms with E-state index in [0.717, 1.165) is 48.1 Å². The summed E-state index contributed by atoms with van der Waals surface area (Å²) in [4.78, 5) is 4.58. The van der Waals surface area contributed by atoms with Crippen molar-refractivity contribution in [2.45, 2.75) is 57.7 Å². The van der Waals surface area contributed by atoms with E-state index < -0.39 is 6.17 Å². The Morgan fingerprint density at radius 3 is 3.07 bits per heavy atom.